The Morgan fingerprint density at radius 2 is 1.73 bits per heavy atom. The molecule has 2 N–H and O–H groups in total. The molecule has 30 heavy (non-hydrogen) atoms. The molecule has 0 saturated carbocycles. The highest BCUT2D eigenvalue weighted by molar-refractivity contribution is 9.10. The van der Waals surface area contributed by atoms with Crippen LogP contribution in [0, 0.1) is 0 Å². The zero-order valence-corrected chi connectivity index (χ0v) is 19.4. The number of benzene rings is 3. The molecule has 1 fully saturated rings. The summed E-state index contributed by atoms with van der Waals surface area (Å²) in [6.45, 7) is 1.86. The zero-order chi connectivity index (χ0) is 21.0. The molecule has 0 atom stereocenters. The molecule has 0 bridgehead atoms. The summed E-state index contributed by atoms with van der Waals surface area (Å²) in [6.07, 6.45) is 2.55. The van der Waals surface area contributed by atoms with E-state index in [4.69, 9.17) is 16.3 Å². The Morgan fingerprint density at radius 1 is 0.967 bits per heavy atom. The van der Waals surface area contributed by atoms with Gasteiger partial charge < -0.3 is 4.74 Å². The first-order chi connectivity index (χ1) is 14.6. The average Bonchev–Trinajstić information content (AvgIpc) is 3.23. The molecule has 1 aliphatic rings. The Kier molecular flexibility index (Phi) is 6.79. The Bertz CT molecular complexity index is 1000. The summed E-state index contributed by atoms with van der Waals surface area (Å²) in [5.74, 6) is 0.905. The topological polar surface area (TPSA) is 33.3 Å². The Labute approximate surface area is 191 Å². The van der Waals surface area contributed by atoms with E-state index in [1.165, 1.54) is 22.3 Å². The standard InChI is InChI=1S/C25H26BrClN2O/c1-30-24-13-11-20(26)16-19(24)10-12-21-22(8-5-9-23(21)27)25(28-14-15-29-25)17-18-6-3-2-4-7-18/h2-9,11,13,16,28-29H,10,12,14-15,17H2,1H3. The van der Waals surface area contributed by atoms with Crippen molar-refractivity contribution < 1.29 is 4.74 Å². The monoisotopic (exact) mass is 484 g/mol. The van der Waals surface area contributed by atoms with Crippen LogP contribution in [0.5, 0.6) is 5.75 Å². The molecule has 0 amide bonds. The van der Waals surface area contributed by atoms with E-state index in [9.17, 15) is 0 Å². The molecule has 0 aliphatic carbocycles. The van der Waals surface area contributed by atoms with Crippen molar-refractivity contribution in [1.82, 2.24) is 10.6 Å². The van der Waals surface area contributed by atoms with Gasteiger partial charge in [-0.05, 0) is 59.4 Å². The predicted molar refractivity (Wildman–Crippen MR) is 127 cm³/mol. The van der Waals surface area contributed by atoms with Gasteiger partial charge in [-0.2, -0.15) is 0 Å². The van der Waals surface area contributed by atoms with Crippen LogP contribution in [0.25, 0.3) is 0 Å². The van der Waals surface area contributed by atoms with Crippen LogP contribution in [0.3, 0.4) is 0 Å². The SMILES string of the molecule is COc1ccc(Br)cc1CCc1c(Cl)cccc1C1(Cc2ccccc2)NCCN1. The molecule has 5 heteroatoms. The van der Waals surface area contributed by atoms with Crippen LogP contribution in [0.4, 0.5) is 0 Å². The van der Waals surface area contributed by atoms with Gasteiger partial charge in [-0.25, -0.2) is 0 Å². The second kappa shape index (κ2) is 9.52. The molecule has 4 rings (SSSR count). The first-order valence-electron chi connectivity index (χ1n) is 10.3. The van der Waals surface area contributed by atoms with Crippen molar-refractivity contribution in [1.29, 1.82) is 0 Å². The van der Waals surface area contributed by atoms with Crippen LogP contribution >= 0.6 is 27.5 Å². The maximum atomic E-state index is 6.75. The van der Waals surface area contributed by atoms with Crippen LogP contribution < -0.4 is 15.4 Å². The van der Waals surface area contributed by atoms with Gasteiger partial charge in [-0.1, -0.05) is 70.0 Å². The molecule has 1 saturated heterocycles. The van der Waals surface area contributed by atoms with Gasteiger partial charge >= 0.3 is 0 Å². The quantitative estimate of drug-likeness (QED) is 0.465. The van der Waals surface area contributed by atoms with E-state index in [0.29, 0.717) is 0 Å². The van der Waals surface area contributed by atoms with Crippen LogP contribution in [-0.4, -0.2) is 20.2 Å². The van der Waals surface area contributed by atoms with Crippen molar-refractivity contribution in [2.45, 2.75) is 24.9 Å². The second-order valence-corrected chi connectivity index (χ2v) is 8.97. The summed E-state index contributed by atoms with van der Waals surface area (Å²) >= 11 is 10.3. The van der Waals surface area contributed by atoms with Crippen molar-refractivity contribution in [3.8, 4) is 5.75 Å². The fraction of sp³-hybridized carbons (Fsp3) is 0.280. The van der Waals surface area contributed by atoms with E-state index in [1.807, 2.05) is 18.2 Å². The largest absolute Gasteiger partial charge is 0.496 e. The fourth-order valence-corrected chi connectivity index (χ4v) is 5.02. The predicted octanol–water partition coefficient (Wildman–Crippen LogP) is 5.48. The smallest absolute Gasteiger partial charge is 0.122 e. The number of ether oxygens (including phenoxy) is 1. The van der Waals surface area contributed by atoms with Crippen LogP contribution in [0.1, 0.15) is 22.3 Å². The number of nitrogens with one attached hydrogen (secondary N) is 2. The summed E-state index contributed by atoms with van der Waals surface area (Å²) in [7, 11) is 1.72. The van der Waals surface area contributed by atoms with Gasteiger partial charge in [0.1, 0.15) is 5.75 Å². The van der Waals surface area contributed by atoms with Gasteiger partial charge in [0.25, 0.3) is 0 Å². The van der Waals surface area contributed by atoms with Crippen molar-refractivity contribution in [3.63, 3.8) is 0 Å². The van der Waals surface area contributed by atoms with Gasteiger partial charge in [0.05, 0.1) is 12.8 Å². The minimum atomic E-state index is -0.317. The maximum Gasteiger partial charge on any atom is 0.122 e. The molecule has 0 unspecified atom stereocenters. The highest BCUT2D eigenvalue weighted by Gasteiger charge is 2.37. The number of aryl methyl sites for hydroxylation is 1. The van der Waals surface area contributed by atoms with Crippen molar-refractivity contribution in [2.75, 3.05) is 20.2 Å². The number of hydrogen-bond acceptors (Lipinski definition) is 3. The summed E-state index contributed by atoms with van der Waals surface area (Å²) in [4.78, 5) is 0. The molecule has 3 aromatic rings. The van der Waals surface area contributed by atoms with Crippen molar-refractivity contribution in [2.24, 2.45) is 0 Å². The van der Waals surface area contributed by atoms with Crippen molar-refractivity contribution in [3.05, 3.63) is 98.5 Å². The zero-order valence-electron chi connectivity index (χ0n) is 17.1. The first-order valence-corrected chi connectivity index (χ1v) is 11.4. The van der Waals surface area contributed by atoms with E-state index in [-0.39, 0.29) is 5.66 Å². The van der Waals surface area contributed by atoms with Gasteiger partial charge in [-0.15, -0.1) is 0 Å². The lowest BCUT2D eigenvalue weighted by atomic mass is 9.87. The third kappa shape index (κ3) is 4.57. The lowest BCUT2D eigenvalue weighted by Gasteiger charge is -2.33. The highest BCUT2D eigenvalue weighted by atomic mass is 79.9. The molecule has 3 aromatic carbocycles. The third-order valence-corrected chi connectivity index (χ3v) is 6.60. The van der Waals surface area contributed by atoms with E-state index in [1.54, 1.807) is 7.11 Å². The molecule has 3 nitrogen and oxygen atoms in total. The van der Waals surface area contributed by atoms with Crippen molar-refractivity contribution >= 4 is 27.5 Å². The number of hydrogen-bond donors (Lipinski definition) is 2. The normalized spacial score (nSPS) is 15.3. The Balaban J connectivity index is 1.68. The van der Waals surface area contributed by atoms with Crippen LogP contribution in [0.15, 0.2) is 71.2 Å². The summed E-state index contributed by atoms with van der Waals surface area (Å²) in [5, 5.41) is 8.27. The van der Waals surface area contributed by atoms with E-state index >= 15 is 0 Å². The van der Waals surface area contributed by atoms with E-state index in [2.05, 4.69) is 75.1 Å². The third-order valence-electron chi connectivity index (χ3n) is 5.76. The lowest BCUT2D eigenvalue weighted by Crippen LogP contribution is -2.48. The number of halogens is 2. The number of methoxy groups -OCH3 is 1. The van der Waals surface area contributed by atoms with Gasteiger partial charge in [0.2, 0.25) is 0 Å². The minimum absolute atomic E-state index is 0.317. The summed E-state index contributed by atoms with van der Waals surface area (Å²) < 4.78 is 6.62. The van der Waals surface area contributed by atoms with Gasteiger partial charge in [0.15, 0.2) is 0 Å². The summed E-state index contributed by atoms with van der Waals surface area (Å²) in [6, 6.07) is 23.0. The van der Waals surface area contributed by atoms with E-state index < -0.39 is 0 Å². The van der Waals surface area contributed by atoms with Crippen LogP contribution in [-0.2, 0) is 24.9 Å². The Hall–Kier alpha value is -1.85. The molecule has 0 radical (unpaired) electrons. The molecule has 156 valence electrons. The molecular weight excluding hydrogens is 460 g/mol. The van der Waals surface area contributed by atoms with E-state index in [0.717, 1.165) is 47.6 Å². The molecule has 0 aromatic heterocycles. The minimum Gasteiger partial charge on any atom is -0.496 e. The molecular formula is C25H26BrClN2O. The maximum absolute atomic E-state index is 6.75. The fourth-order valence-electron chi connectivity index (χ4n) is 4.34. The molecule has 0 spiro atoms. The second-order valence-electron chi connectivity index (χ2n) is 7.64. The van der Waals surface area contributed by atoms with Crippen LogP contribution in [0.2, 0.25) is 5.02 Å². The average molecular weight is 486 g/mol. The summed E-state index contributed by atoms with van der Waals surface area (Å²) in [5.41, 5.74) is 4.55. The van der Waals surface area contributed by atoms with Gasteiger partial charge in [-0.3, -0.25) is 10.6 Å². The molecule has 1 aliphatic heterocycles. The number of rotatable bonds is 7. The lowest BCUT2D eigenvalue weighted by molar-refractivity contribution is 0.339. The Morgan fingerprint density at radius 3 is 2.47 bits per heavy atom. The molecule has 1 heterocycles. The highest BCUT2D eigenvalue weighted by Crippen LogP contribution is 2.34. The van der Waals surface area contributed by atoms with Gasteiger partial charge in [0, 0.05) is 29.0 Å². The first kappa shape index (κ1) is 21.4.